The van der Waals surface area contributed by atoms with Gasteiger partial charge in [0, 0.05) is 18.2 Å². The highest BCUT2D eigenvalue weighted by Gasteiger charge is 2.07. The van der Waals surface area contributed by atoms with Gasteiger partial charge in [-0.1, -0.05) is 13.8 Å². The standard InChI is InChI=1S/C16H17F2NO/c1-11(2)19-10-12-9-14(18)5-8-16(12)20-15-6-3-13(17)4-7-15/h3-9,11,19H,10H2,1-2H3. The molecule has 0 aromatic heterocycles. The van der Waals surface area contributed by atoms with Crippen LogP contribution in [0.1, 0.15) is 19.4 Å². The van der Waals surface area contributed by atoms with E-state index in [1.807, 2.05) is 13.8 Å². The number of rotatable bonds is 5. The molecule has 2 aromatic rings. The fourth-order valence-electron chi connectivity index (χ4n) is 1.73. The summed E-state index contributed by atoms with van der Waals surface area (Å²) in [6.07, 6.45) is 0. The molecule has 0 saturated carbocycles. The van der Waals surface area contributed by atoms with Gasteiger partial charge in [-0.25, -0.2) is 8.78 Å². The summed E-state index contributed by atoms with van der Waals surface area (Å²) >= 11 is 0. The van der Waals surface area contributed by atoms with Crippen molar-refractivity contribution in [2.45, 2.75) is 26.4 Å². The van der Waals surface area contributed by atoms with Crippen molar-refractivity contribution in [3.05, 3.63) is 59.7 Å². The zero-order valence-electron chi connectivity index (χ0n) is 11.5. The minimum absolute atomic E-state index is 0.289. The Kier molecular flexibility index (Phi) is 4.69. The highest BCUT2D eigenvalue weighted by molar-refractivity contribution is 5.38. The van der Waals surface area contributed by atoms with E-state index in [0.717, 1.165) is 5.56 Å². The van der Waals surface area contributed by atoms with E-state index in [-0.39, 0.29) is 17.7 Å². The van der Waals surface area contributed by atoms with Crippen LogP contribution in [0.3, 0.4) is 0 Å². The molecule has 106 valence electrons. The summed E-state index contributed by atoms with van der Waals surface area (Å²) in [5.41, 5.74) is 0.725. The molecule has 20 heavy (non-hydrogen) atoms. The van der Waals surface area contributed by atoms with Crippen molar-refractivity contribution in [3.8, 4) is 11.5 Å². The van der Waals surface area contributed by atoms with Gasteiger partial charge in [0.05, 0.1) is 0 Å². The first-order valence-corrected chi connectivity index (χ1v) is 6.50. The summed E-state index contributed by atoms with van der Waals surface area (Å²) in [7, 11) is 0. The fraction of sp³-hybridized carbons (Fsp3) is 0.250. The lowest BCUT2D eigenvalue weighted by Gasteiger charge is -2.13. The van der Waals surface area contributed by atoms with Crippen molar-refractivity contribution in [3.63, 3.8) is 0 Å². The number of hydrogen-bond acceptors (Lipinski definition) is 2. The minimum atomic E-state index is -0.321. The van der Waals surface area contributed by atoms with Gasteiger partial charge in [0.2, 0.25) is 0 Å². The predicted octanol–water partition coefficient (Wildman–Crippen LogP) is 4.26. The van der Waals surface area contributed by atoms with Crippen LogP contribution in [0.5, 0.6) is 11.5 Å². The van der Waals surface area contributed by atoms with Crippen LogP contribution in [-0.4, -0.2) is 6.04 Å². The third-order valence-electron chi connectivity index (χ3n) is 2.76. The summed E-state index contributed by atoms with van der Waals surface area (Å²) < 4.78 is 31.9. The average Bonchev–Trinajstić information content (AvgIpc) is 2.41. The Morgan fingerprint density at radius 3 is 2.30 bits per heavy atom. The topological polar surface area (TPSA) is 21.3 Å². The molecule has 2 aromatic carbocycles. The van der Waals surface area contributed by atoms with Crippen LogP contribution in [-0.2, 0) is 6.54 Å². The first kappa shape index (κ1) is 14.5. The van der Waals surface area contributed by atoms with E-state index in [1.165, 1.54) is 24.3 Å². The van der Waals surface area contributed by atoms with E-state index in [9.17, 15) is 8.78 Å². The predicted molar refractivity (Wildman–Crippen MR) is 74.8 cm³/mol. The molecule has 0 radical (unpaired) electrons. The molecule has 0 unspecified atom stereocenters. The molecule has 0 bridgehead atoms. The number of hydrogen-bond donors (Lipinski definition) is 1. The van der Waals surface area contributed by atoms with E-state index in [2.05, 4.69) is 5.32 Å². The largest absolute Gasteiger partial charge is 0.457 e. The lowest BCUT2D eigenvalue weighted by Crippen LogP contribution is -2.22. The van der Waals surface area contributed by atoms with Crippen molar-refractivity contribution < 1.29 is 13.5 Å². The Morgan fingerprint density at radius 1 is 1.00 bits per heavy atom. The van der Waals surface area contributed by atoms with E-state index in [4.69, 9.17) is 4.74 Å². The van der Waals surface area contributed by atoms with Gasteiger partial charge in [0.15, 0.2) is 0 Å². The second kappa shape index (κ2) is 6.48. The van der Waals surface area contributed by atoms with Crippen molar-refractivity contribution >= 4 is 0 Å². The molecule has 0 spiro atoms. The highest BCUT2D eigenvalue weighted by Crippen LogP contribution is 2.26. The Morgan fingerprint density at radius 2 is 1.65 bits per heavy atom. The van der Waals surface area contributed by atoms with Crippen LogP contribution >= 0.6 is 0 Å². The maximum atomic E-state index is 13.3. The van der Waals surface area contributed by atoms with E-state index >= 15 is 0 Å². The molecule has 4 heteroatoms. The first-order chi connectivity index (χ1) is 9.54. The highest BCUT2D eigenvalue weighted by atomic mass is 19.1. The van der Waals surface area contributed by atoms with Crippen molar-refractivity contribution in [2.75, 3.05) is 0 Å². The summed E-state index contributed by atoms with van der Waals surface area (Å²) in [6, 6.07) is 10.4. The molecule has 0 heterocycles. The Hall–Kier alpha value is -1.94. The lowest BCUT2D eigenvalue weighted by atomic mass is 10.2. The number of ether oxygens (including phenoxy) is 1. The van der Waals surface area contributed by atoms with E-state index < -0.39 is 0 Å². The van der Waals surface area contributed by atoms with Gasteiger partial charge < -0.3 is 10.1 Å². The molecule has 0 aliphatic carbocycles. The molecular formula is C16H17F2NO. The molecular weight excluding hydrogens is 260 g/mol. The first-order valence-electron chi connectivity index (χ1n) is 6.50. The van der Waals surface area contributed by atoms with Gasteiger partial charge in [0.1, 0.15) is 23.1 Å². The maximum absolute atomic E-state index is 13.3. The van der Waals surface area contributed by atoms with Crippen LogP contribution in [0.2, 0.25) is 0 Å². The van der Waals surface area contributed by atoms with Gasteiger partial charge >= 0.3 is 0 Å². The van der Waals surface area contributed by atoms with Gasteiger partial charge in [-0.05, 0) is 42.5 Å². The van der Waals surface area contributed by atoms with Gasteiger partial charge in [0.25, 0.3) is 0 Å². The normalized spacial score (nSPS) is 10.8. The lowest BCUT2D eigenvalue weighted by molar-refractivity contribution is 0.465. The maximum Gasteiger partial charge on any atom is 0.132 e. The van der Waals surface area contributed by atoms with Crippen LogP contribution in [0.4, 0.5) is 8.78 Å². The summed E-state index contributed by atoms with van der Waals surface area (Å²) in [5.74, 6) is 0.449. The number of nitrogens with one attached hydrogen (secondary N) is 1. The third-order valence-corrected chi connectivity index (χ3v) is 2.76. The number of benzene rings is 2. The quantitative estimate of drug-likeness (QED) is 0.882. The summed E-state index contributed by atoms with van der Waals surface area (Å²) in [5, 5.41) is 3.22. The summed E-state index contributed by atoms with van der Waals surface area (Å²) in [6.45, 7) is 4.53. The number of halogens is 2. The fourth-order valence-corrected chi connectivity index (χ4v) is 1.73. The van der Waals surface area contributed by atoms with E-state index in [1.54, 1.807) is 18.2 Å². The van der Waals surface area contributed by atoms with Gasteiger partial charge in [-0.2, -0.15) is 0 Å². The molecule has 0 amide bonds. The monoisotopic (exact) mass is 277 g/mol. The molecule has 0 saturated heterocycles. The molecule has 0 fully saturated rings. The molecule has 0 atom stereocenters. The van der Waals surface area contributed by atoms with Crippen LogP contribution in [0, 0.1) is 11.6 Å². The van der Waals surface area contributed by atoms with E-state index in [0.29, 0.717) is 18.0 Å². The Bertz CT molecular complexity index is 567. The zero-order chi connectivity index (χ0) is 14.5. The third kappa shape index (κ3) is 4.03. The van der Waals surface area contributed by atoms with Crippen LogP contribution in [0.15, 0.2) is 42.5 Å². The van der Waals surface area contributed by atoms with Gasteiger partial charge in [-0.15, -0.1) is 0 Å². The molecule has 2 nitrogen and oxygen atoms in total. The van der Waals surface area contributed by atoms with Crippen molar-refractivity contribution in [1.82, 2.24) is 5.32 Å². The smallest absolute Gasteiger partial charge is 0.132 e. The molecule has 2 rings (SSSR count). The SMILES string of the molecule is CC(C)NCc1cc(F)ccc1Oc1ccc(F)cc1. The Balaban J connectivity index is 2.19. The molecule has 1 N–H and O–H groups in total. The molecule has 0 aliphatic rings. The van der Waals surface area contributed by atoms with Crippen LogP contribution < -0.4 is 10.1 Å². The summed E-state index contributed by atoms with van der Waals surface area (Å²) in [4.78, 5) is 0. The zero-order valence-corrected chi connectivity index (χ0v) is 11.5. The molecule has 0 aliphatic heterocycles. The van der Waals surface area contributed by atoms with Crippen LogP contribution in [0.25, 0.3) is 0 Å². The van der Waals surface area contributed by atoms with Crippen molar-refractivity contribution in [2.24, 2.45) is 0 Å². The Labute approximate surface area is 117 Å². The second-order valence-corrected chi connectivity index (χ2v) is 4.84. The van der Waals surface area contributed by atoms with Gasteiger partial charge in [-0.3, -0.25) is 0 Å². The second-order valence-electron chi connectivity index (χ2n) is 4.84. The average molecular weight is 277 g/mol. The minimum Gasteiger partial charge on any atom is -0.457 e. The van der Waals surface area contributed by atoms with Crippen molar-refractivity contribution in [1.29, 1.82) is 0 Å².